The molecule has 0 fully saturated rings. The summed E-state index contributed by atoms with van der Waals surface area (Å²) in [5, 5.41) is 6.62. The fourth-order valence-corrected chi connectivity index (χ4v) is 2.37. The van der Waals surface area contributed by atoms with Crippen molar-refractivity contribution in [2.45, 2.75) is 6.92 Å². The summed E-state index contributed by atoms with van der Waals surface area (Å²) < 4.78 is 9.88. The van der Waals surface area contributed by atoms with E-state index in [0.29, 0.717) is 5.75 Å². The molecule has 5 heteroatoms. The number of para-hydroxylation sites is 1. The number of hydrogen-bond acceptors (Lipinski definition) is 5. The molecule has 0 atom stereocenters. The second kappa shape index (κ2) is 8.58. The van der Waals surface area contributed by atoms with Gasteiger partial charge in [-0.3, -0.25) is 0 Å². The highest BCUT2D eigenvalue weighted by Gasteiger charge is 2.05. The molecule has 26 heavy (non-hydrogen) atoms. The quantitative estimate of drug-likeness (QED) is 0.441. The van der Waals surface area contributed by atoms with Crippen LogP contribution in [0.1, 0.15) is 6.92 Å². The van der Waals surface area contributed by atoms with E-state index in [1.54, 1.807) is 19.1 Å². The Kier molecular flexibility index (Phi) is 5.72. The number of ether oxygens (including phenoxy) is 2. The minimum absolute atomic E-state index is 0.278. The zero-order chi connectivity index (χ0) is 18.2. The summed E-state index contributed by atoms with van der Waals surface area (Å²) in [6.45, 7) is 2.01. The highest BCUT2D eigenvalue weighted by Crippen LogP contribution is 2.24. The molecule has 3 aromatic carbocycles. The Bertz CT molecular complexity index is 849. The van der Waals surface area contributed by atoms with E-state index >= 15 is 0 Å². The Hall–Kier alpha value is -3.47. The first kappa shape index (κ1) is 17.4. The van der Waals surface area contributed by atoms with Gasteiger partial charge in [0.25, 0.3) is 0 Å². The third-order valence-electron chi connectivity index (χ3n) is 3.53. The molecule has 0 saturated heterocycles. The molecule has 3 rings (SSSR count). The topological polar surface area (TPSA) is 59.6 Å². The molecule has 0 aliphatic carbocycles. The van der Waals surface area contributed by atoms with Gasteiger partial charge in [-0.05, 0) is 55.5 Å². The van der Waals surface area contributed by atoms with Crippen LogP contribution in [0.25, 0.3) is 0 Å². The van der Waals surface area contributed by atoms with Crippen molar-refractivity contribution in [2.24, 2.45) is 0 Å². The Morgan fingerprint density at radius 1 is 0.769 bits per heavy atom. The molecule has 0 aliphatic rings. The van der Waals surface area contributed by atoms with Crippen molar-refractivity contribution in [1.29, 1.82) is 0 Å². The third-order valence-corrected chi connectivity index (χ3v) is 3.53. The van der Waals surface area contributed by atoms with Crippen LogP contribution in [-0.2, 0) is 4.74 Å². The minimum Gasteiger partial charge on any atom is -0.434 e. The summed E-state index contributed by atoms with van der Waals surface area (Å²) in [7, 11) is 0. The summed E-state index contributed by atoms with van der Waals surface area (Å²) in [6, 6.07) is 25.1. The number of hydrogen-bond donors (Lipinski definition) is 2. The largest absolute Gasteiger partial charge is 0.513 e. The van der Waals surface area contributed by atoms with Crippen LogP contribution in [-0.4, -0.2) is 12.8 Å². The average molecular weight is 348 g/mol. The highest BCUT2D eigenvalue weighted by molar-refractivity contribution is 5.68. The molecule has 0 aliphatic heterocycles. The molecule has 0 radical (unpaired) electrons. The fraction of sp³-hybridized carbons (Fsp3) is 0.0952. The van der Waals surface area contributed by atoms with E-state index in [-0.39, 0.29) is 6.61 Å². The number of rotatable bonds is 6. The Morgan fingerprint density at radius 3 is 2.00 bits per heavy atom. The molecular weight excluding hydrogens is 328 g/mol. The van der Waals surface area contributed by atoms with Crippen molar-refractivity contribution in [3.63, 3.8) is 0 Å². The van der Waals surface area contributed by atoms with Gasteiger partial charge in [0.15, 0.2) is 0 Å². The minimum atomic E-state index is -0.707. The van der Waals surface area contributed by atoms with Gasteiger partial charge < -0.3 is 20.1 Å². The molecule has 0 bridgehead atoms. The number of benzene rings is 3. The molecule has 0 saturated carbocycles. The monoisotopic (exact) mass is 348 g/mol. The van der Waals surface area contributed by atoms with Gasteiger partial charge in [-0.2, -0.15) is 0 Å². The third kappa shape index (κ3) is 5.01. The van der Waals surface area contributed by atoms with Crippen LogP contribution in [0.15, 0.2) is 78.9 Å². The van der Waals surface area contributed by atoms with Crippen molar-refractivity contribution in [2.75, 3.05) is 17.2 Å². The molecule has 132 valence electrons. The lowest BCUT2D eigenvalue weighted by atomic mass is 10.2. The number of carbonyl (C=O) groups is 1. The predicted octanol–water partition coefficient (Wildman–Crippen LogP) is 5.71. The summed E-state index contributed by atoms with van der Waals surface area (Å²) in [5.41, 5.74) is 3.78. The molecule has 0 spiro atoms. The normalized spacial score (nSPS) is 10.0. The molecule has 0 aromatic heterocycles. The molecule has 0 amide bonds. The summed E-state index contributed by atoms with van der Waals surface area (Å²) in [6.07, 6.45) is -0.707. The van der Waals surface area contributed by atoms with Crippen LogP contribution in [0, 0.1) is 0 Å². The van der Waals surface area contributed by atoms with Gasteiger partial charge in [0.05, 0.1) is 6.61 Å². The van der Waals surface area contributed by atoms with Crippen LogP contribution in [0.5, 0.6) is 5.75 Å². The van der Waals surface area contributed by atoms with Gasteiger partial charge in [0.1, 0.15) is 5.75 Å². The van der Waals surface area contributed by atoms with Crippen molar-refractivity contribution >= 4 is 28.9 Å². The molecule has 3 aromatic rings. The van der Waals surface area contributed by atoms with Crippen molar-refractivity contribution in [3.8, 4) is 5.75 Å². The maximum atomic E-state index is 11.4. The molecule has 2 N–H and O–H groups in total. The van der Waals surface area contributed by atoms with Gasteiger partial charge in [-0.15, -0.1) is 0 Å². The smallest absolute Gasteiger partial charge is 0.434 e. The second-order valence-corrected chi connectivity index (χ2v) is 5.51. The molecular formula is C21H20N2O3. The lowest BCUT2D eigenvalue weighted by Gasteiger charge is -2.10. The molecule has 0 unspecified atom stereocenters. The zero-order valence-corrected chi connectivity index (χ0v) is 14.4. The zero-order valence-electron chi connectivity index (χ0n) is 14.4. The standard InChI is InChI=1S/C21H20N2O3/c1-2-25-21(24)26-20-10-6-9-19(15-20)23-18-13-11-17(12-14-18)22-16-7-4-3-5-8-16/h3-15,22-23H,2H2,1H3. The lowest BCUT2D eigenvalue weighted by molar-refractivity contribution is 0.104. The van der Waals surface area contributed by atoms with Crippen LogP contribution in [0.3, 0.4) is 0 Å². The van der Waals surface area contributed by atoms with Gasteiger partial charge in [-0.1, -0.05) is 24.3 Å². The van der Waals surface area contributed by atoms with E-state index in [2.05, 4.69) is 10.6 Å². The van der Waals surface area contributed by atoms with Gasteiger partial charge in [0.2, 0.25) is 0 Å². The van der Waals surface area contributed by atoms with Crippen molar-refractivity contribution < 1.29 is 14.3 Å². The van der Waals surface area contributed by atoms with Gasteiger partial charge >= 0.3 is 6.16 Å². The first-order valence-electron chi connectivity index (χ1n) is 8.37. The van der Waals surface area contributed by atoms with E-state index in [1.165, 1.54) is 0 Å². The molecule has 5 nitrogen and oxygen atoms in total. The number of anilines is 4. The SMILES string of the molecule is CCOC(=O)Oc1cccc(Nc2ccc(Nc3ccccc3)cc2)c1. The Morgan fingerprint density at radius 2 is 1.35 bits per heavy atom. The molecule has 0 heterocycles. The summed E-state index contributed by atoms with van der Waals surface area (Å²) in [5.74, 6) is 0.427. The first-order valence-corrected chi connectivity index (χ1v) is 8.37. The van der Waals surface area contributed by atoms with Gasteiger partial charge in [0, 0.05) is 28.8 Å². The average Bonchev–Trinajstić information content (AvgIpc) is 2.65. The lowest BCUT2D eigenvalue weighted by Crippen LogP contribution is -2.10. The highest BCUT2D eigenvalue weighted by atomic mass is 16.7. The van der Waals surface area contributed by atoms with Crippen molar-refractivity contribution in [1.82, 2.24) is 0 Å². The Balaban J connectivity index is 1.63. The fourth-order valence-electron chi connectivity index (χ4n) is 2.37. The summed E-state index contributed by atoms with van der Waals surface area (Å²) in [4.78, 5) is 11.4. The van der Waals surface area contributed by atoms with E-state index in [0.717, 1.165) is 22.7 Å². The van der Waals surface area contributed by atoms with Crippen LogP contribution >= 0.6 is 0 Å². The van der Waals surface area contributed by atoms with E-state index < -0.39 is 6.16 Å². The van der Waals surface area contributed by atoms with Crippen LogP contribution in [0.2, 0.25) is 0 Å². The number of nitrogens with one attached hydrogen (secondary N) is 2. The van der Waals surface area contributed by atoms with E-state index in [1.807, 2.05) is 66.7 Å². The van der Waals surface area contributed by atoms with E-state index in [9.17, 15) is 4.79 Å². The summed E-state index contributed by atoms with van der Waals surface area (Å²) >= 11 is 0. The predicted molar refractivity (Wildman–Crippen MR) is 104 cm³/mol. The second-order valence-electron chi connectivity index (χ2n) is 5.51. The van der Waals surface area contributed by atoms with Crippen LogP contribution in [0.4, 0.5) is 27.5 Å². The maximum Gasteiger partial charge on any atom is 0.513 e. The van der Waals surface area contributed by atoms with Crippen LogP contribution < -0.4 is 15.4 Å². The van der Waals surface area contributed by atoms with Gasteiger partial charge in [-0.25, -0.2) is 4.79 Å². The maximum absolute atomic E-state index is 11.4. The number of carbonyl (C=O) groups excluding carboxylic acids is 1. The first-order chi connectivity index (χ1) is 12.7. The Labute approximate surface area is 152 Å². The van der Waals surface area contributed by atoms with Crippen molar-refractivity contribution in [3.05, 3.63) is 78.9 Å². The van der Waals surface area contributed by atoms with E-state index in [4.69, 9.17) is 9.47 Å².